The van der Waals surface area contributed by atoms with Gasteiger partial charge in [0.2, 0.25) is 0 Å². The molecule has 0 atom stereocenters. The van der Waals surface area contributed by atoms with Crippen molar-refractivity contribution in [2.45, 2.75) is 161 Å². The average molecular weight is 1340 g/mol. The lowest BCUT2D eigenvalue weighted by Gasteiger charge is -2.25. The van der Waals surface area contributed by atoms with E-state index in [0.29, 0.717) is 39.2 Å². The van der Waals surface area contributed by atoms with Crippen LogP contribution >= 0.6 is 0 Å². The molecule has 1 aliphatic rings. The summed E-state index contributed by atoms with van der Waals surface area (Å²) in [5.41, 5.74) is 9.49. The number of hydrogen-bond donors (Lipinski definition) is 0. The lowest BCUT2D eigenvalue weighted by atomic mass is 9.80. The van der Waals surface area contributed by atoms with Gasteiger partial charge in [-0.15, -0.1) is 0 Å². The lowest BCUT2D eigenvalue weighted by Crippen LogP contribution is -2.26. The van der Waals surface area contributed by atoms with Gasteiger partial charge >= 0.3 is 22.5 Å². The van der Waals surface area contributed by atoms with Gasteiger partial charge in [0.1, 0.15) is 52.8 Å². The molecule has 0 saturated heterocycles. The first-order chi connectivity index (χ1) is 46.1. The Morgan fingerprint density at radius 2 is 0.778 bits per heavy atom. The maximum Gasteiger partial charge on any atom is 0.336 e. The molecule has 14 nitrogen and oxygen atoms in total. The smallest absolute Gasteiger partial charge is 0.336 e. The molecule has 4 heterocycles. The van der Waals surface area contributed by atoms with Gasteiger partial charge in [0.05, 0.1) is 7.11 Å². The molecule has 0 fully saturated rings. The summed E-state index contributed by atoms with van der Waals surface area (Å²) in [6, 6.07) is 47.6. The van der Waals surface area contributed by atoms with E-state index in [1.54, 1.807) is 91.1 Å². The quantitative estimate of drug-likeness (QED) is 0.0711. The van der Waals surface area contributed by atoms with Gasteiger partial charge in [-0.25, -0.2) is 19.2 Å². The van der Waals surface area contributed by atoms with Crippen molar-refractivity contribution in [3.8, 4) is 17.2 Å². The fourth-order valence-electron chi connectivity index (χ4n) is 9.21. The summed E-state index contributed by atoms with van der Waals surface area (Å²) in [6.07, 6.45) is 9.84. The molecule has 6 aromatic carbocycles. The molecule has 0 N–H and O–H groups in total. The van der Waals surface area contributed by atoms with Crippen molar-refractivity contribution in [1.29, 1.82) is 0 Å². The molecule has 1 aliphatic carbocycles. The molecule has 10 aromatic rings. The summed E-state index contributed by atoms with van der Waals surface area (Å²) in [5.74, 6) is 2.10. The largest absolute Gasteiger partial charge is 0.497 e. The first-order valence-electron chi connectivity index (χ1n) is 33.2. The van der Waals surface area contributed by atoms with Crippen LogP contribution in [0.1, 0.15) is 164 Å². The summed E-state index contributed by atoms with van der Waals surface area (Å²) in [6.45, 7) is 38.6. The predicted octanol–water partition coefficient (Wildman–Crippen LogP) is 19.0. The fraction of sp³-hybridized carbons (Fsp3) is 0.353. The molecule has 0 unspecified atom stereocenters. The minimum absolute atomic E-state index is 0.00602. The third-order valence-electron chi connectivity index (χ3n) is 16.2. The number of rotatable bonds is 10. The van der Waals surface area contributed by atoms with Crippen molar-refractivity contribution in [2.75, 3.05) is 20.3 Å². The lowest BCUT2D eigenvalue weighted by molar-refractivity contribution is -0.128. The van der Waals surface area contributed by atoms with E-state index in [2.05, 4.69) is 92.6 Å². The molecule has 14 heteroatoms. The summed E-state index contributed by atoms with van der Waals surface area (Å²) < 4.78 is 36.4. The second kappa shape index (κ2) is 33.1. The SMILES string of the molecule is CC(C)(C)C(=O)COc1ccc2ccc(=O)oc2c1.CC(C)(C)C(=O)COc1ccc2oc(=O)ccc2c1.CC(C)(C)c1ccc2c(c1)CC2.CC(C)(C)c1ccc2ccc(=O)oc2c1.CC(C)(C)c1ccc2oc(=O)ccc2c1.COc1ccc(C)c(/C=C/C=C/C(=O)C(C)(C)C)c1. The number of ketones is 3. The standard InChI is InChI=1S/C17H22O2.2C15H16O4.2C13H14O2.C12H16/c1-13-10-11-15(19-5)12-14(13)8-6-7-9-16(18)17(2,3)4;1-15(2,3)13(16)9-18-11-5-6-12-10(8-11)4-7-14(17)19-12;1-15(2,3)13(16)9-18-11-6-4-10-5-7-14(17)19-12(10)8-11;1-13(2,3)10-5-6-11-9(8-10)4-7-12(14)15-11;1-13(2,3)10-6-4-9-5-7-12(14)15-11(9)8-10;1-12(2,3)11-7-6-9-4-5-10(9)8-11/h6-12H,1-5H3;2*4-8H,9H2,1-3H3;2*4-8H,1-3H3;6-8H,4-5H2,1-3H3/b8-6+,9-7+;;;;;. The predicted molar refractivity (Wildman–Crippen MR) is 400 cm³/mol. The van der Waals surface area contributed by atoms with Crippen LogP contribution in [0.4, 0.5) is 0 Å². The van der Waals surface area contributed by atoms with Crippen LogP contribution in [0.3, 0.4) is 0 Å². The number of Topliss-reactive ketones (excluding diaryl/α,β-unsaturated/α-hetero) is 2. The van der Waals surface area contributed by atoms with Gasteiger partial charge in [-0.3, -0.25) is 14.4 Å². The molecule has 0 bridgehead atoms. The van der Waals surface area contributed by atoms with Crippen LogP contribution in [0.5, 0.6) is 17.2 Å². The van der Waals surface area contributed by atoms with Crippen molar-refractivity contribution in [3.05, 3.63) is 257 Å². The van der Waals surface area contributed by atoms with Crippen LogP contribution < -0.4 is 36.7 Å². The van der Waals surface area contributed by atoms with Crippen LogP contribution in [0, 0.1) is 23.2 Å². The summed E-state index contributed by atoms with van der Waals surface area (Å²) >= 11 is 0. The van der Waals surface area contributed by atoms with Gasteiger partial charge in [-0.05, 0) is 166 Å². The molecular formula is C85H98O14. The summed E-state index contributed by atoms with van der Waals surface area (Å²) in [4.78, 5) is 79.5. The Morgan fingerprint density at radius 1 is 0.384 bits per heavy atom. The van der Waals surface area contributed by atoms with E-state index in [4.69, 9.17) is 31.9 Å². The Morgan fingerprint density at radius 3 is 1.25 bits per heavy atom. The van der Waals surface area contributed by atoms with Crippen molar-refractivity contribution < 1.29 is 46.3 Å². The zero-order valence-corrected chi connectivity index (χ0v) is 61.4. The van der Waals surface area contributed by atoms with E-state index in [1.165, 1.54) is 59.4 Å². The maximum atomic E-state index is 11.8. The van der Waals surface area contributed by atoms with E-state index in [1.807, 2.05) is 124 Å². The third-order valence-corrected chi connectivity index (χ3v) is 16.2. The van der Waals surface area contributed by atoms with E-state index >= 15 is 0 Å². The second-order valence-corrected chi connectivity index (χ2v) is 30.6. The number of benzene rings is 6. The highest BCUT2D eigenvalue weighted by Gasteiger charge is 2.24. The Hall–Kier alpha value is -9.95. The first kappa shape index (κ1) is 78.1. The summed E-state index contributed by atoms with van der Waals surface area (Å²) in [5, 5.41) is 3.51. The van der Waals surface area contributed by atoms with Crippen molar-refractivity contribution in [2.24, 2.45) is 16.2 Å². The van der Waals surface area contributed by atoms with E-state index in [9.17, 15) is 33.6 Å². The van der Waals surface area contributed by atoms with Crippen LogP contribution in [-0.4, -0.2) is 37.7 Å². The number of aryl methyl sites for hydroxylation is 3. The monoisotopic (exact) mass is 1340 g/mol. The van der Waals surface area contributed by atoms with Crippen molar-refractivity contribution in [1.82, 2.24) is 0 Å². The van der Waals surface area contributed by atoms with Gasteiger partial charge in [0.25, 0.3) is 0 Å². The Labute approximate surface area is 581 Å². The third kappa shape index (κ3) is 24.2. The number of methoxy groups -OCH3 is 1. The molecule has 0 spiro atoms. The zero-order chi connectivity index (χ0) is 73.4. The van der Waals surface area contributed by atoms with Crippen molar-refractivity contribution >= 4 is 67.3 Å². The highest BCUT2D eigenvalue weighted by Crippen LogP contribution is 2.31. The van der Waals surface area contributed by atoms with Gasteiger partial charge in [-0.1, -0.05) is 185 Å². The Kier molecular flexibility index (Phi) is 26.1. The van der Waals surface area contributed by atoms with Crippen molar-refractivity contribution in [3.63, 3.8) is 0 Å². The van der Waals surface area contributed by atoms with Crippen LogP contribution in [0.15, 0.2) is 213 Å². The van der Waals surface area contributed by atoms with Gasteiger partial charge in [0, 0.05) is 68.1 Å². The number of hydrogen-bond acceptors (Lipinski definition) is 14. The van der Waals surface area contributed by atoms with Gasteiger partial charge in [0.15, 0.2) is 17.3 Å². The average Bonchev–Trinajstić information content (AvgIpc) is 0.833. The highest BCUT2D eigenvalue weighted by atomic mass is 16.5. The van der Waals surface area contributed by atoms with Crippen LogP contribution in [-0.2, 0) is 43.5 Å². The highest BCUT2D eigenvalue weighted by molar-refractivity contribution is 5.94. The number of fused-ring (bicyclic) bond motifs is 5. The number of carbonyl (C=O) groups excluding carboxylic acids is 3. The molecular weight excluding hydrogens is 1240 g/mol. The topological polar surface area (TPSA) is 200 Å². The van der Waals surface area contributed by atoms with E-state index in [0.717, 1.165) is 32.9 Å². The first-order valence-corrected chi connectivity index (χ1v) is 33.2. The molecule has 4 aromatic heterocycles. The molecule has 0 radical (unpaired) electrons. The molecule has 11 rings (SSSR count). The molecule has 0 amide bonds. The number of ether oxygens (including phenoxy) is 3. The van der Waals surface area contributed by atoms with Gasteiger partial charge in [-0.2, -0.15) is 0 Å². The minimum Gasteiger partial charge on any atom is -0.497 e. The Bertz CT molecular complexity index is 4770. The Balaban J connectivity index is 0.000000188. The van der Waals surface area contributed by atoms with E-state index < -0.39 is 16.5 Å². The number of allylic oxidation sites excluding steroid dienone is 3. The molecule has 522 valence electrons. The maximum absolute atomic E-state index is 11.8. The fourth-order valence-corrected chi connectivity index (χ4v) is 9.21. The van der Waals surface area contributed by atoms with Crippen LogP contribution in [0.25, 0.3) is 50.0 Å². The minimum atomic E-state index is -0.427. The molecule has 99 heavy (non-hydrogen) atoms. The summed E-state index contributed by atoms with van der Waals surface area (Å²) in [7, 11) is 1.65. The van der Waals surface area contributed by atoms with Gasteiger partial charge < -0.3 is 31.9 Å². The molecule has 0 saturated carbocycles. The molecule has 0 aliphatic heterocycles. The normalized spacial score (nSPS) is 12.2. The van der Waals surface area contributed by atoms with E-state index in [-0.39, 0.29) is 63.7 Å². The zero-order valence-electron chi connectivity index (χ0n) is 61.4. The number of carbonyl (C=O) groups is 3. The second-order valence-electron chi connectivity index (χ2n) is 30.6. The van der Waals surface area contributed by atoms with Crippen LogP contribution in [0.2, 0.25) is 0 Å².